The first-order valence-electron chi connectivity index (χ1n) is 4.17. The molecule has 0 aromatic rings. The van der Waals surface area contributed by atoms with E-state index in [0.717, 1.165) is 0 Å². The molecule has 1 heterocycles. The highest BCUT2D eigenvalue weighted by molar-refractivity contribution is 5.75. The molecule has 3 N–H and O–H groups in total. The molecule has 0 saturated carbocycles. The van der Waals surface area contributed by atoms with E-state index in [1.165, 1.54) is 0 Å². The number of alkyl halides is 3. The summed E-state index contributed by atoms with van der Waals surface area (Å²) in [5.41, 5.74) is 0. The summed E-state index contributed by atoms with van der Waals surface area (Å²) >= 11 is 0. The maximum atomic E-state index is 11.8. The van der Waals surface area contributed by atoms with E-state index in [2.05, 4.69) is 9.47 Å². The molecule has 0 bridgehead atoms. The number of ether oxygens (including phenoxy) is 2. The van der Waals surface area contributed by atoms with Gasteiger partial charge in [-0.3, -0.25) is 0 Å². The fourth-order valence-electron chi connectivity index (χ4n) is 1.14. The molecule has 1 aliphatic heterocycles. The van der Waals surface area contributed by atoms with Crippen LogP contribution in [0.25, 0.3) is 0 Å². The molecule has 0 aromatic heterocycles. The normalized spacial score (nSPS) is 35.1. The molecule has 94 valence electrons. The second kappa shape index (κ2) is 4.53. The third-order valence-electron chi connectivity index (χ3n) is 1.95. The van der Waals surface area contributed by atoms with Crippen LogP contribution in [0.3, 0.4) is 0 Å². The van der Waals surface area contributed by atoms with Crippen molar-refractivity contribution in [2.45, 2.75) is 30.8 Å². The number of hydrogen-bond acceptors (Lipinski definition) is 6. The minimum absolute atomic E-state index is 0.724. The van der Waals surface area contributed by atoms with Gasteiger partial charge < -0.3 is 24.8 Å². The van der Waals surface area contributed by atoms with Crippen molar-refractivity contribution in [2.75, 3.05) is 6.61 Å². The van der Waals surface area contributed by atoms with Crippen molar-refractivity contribution in [3.63, 3.8) is 0 Å². The summed E-state index contributed by atoms with van der Waals surface area (Å²) in [7, 11) is 0. The Balaban J connectivity index is 2.60. The van der Waals surface area contributed by atoms with Gasteiger partial charge in [0.15, 0.2) is 0 Å². The number of esters is 1. The maximum Gasteiger partial charge on any atom is 0.491 e. The highest BCUT2D eigenvalue weighted by atomic mass is 19.4. The van der Waals surface area contributed by atoms with Gasteiger partial charge in [-0.15, -0.1) is 0 Å². The Morgan fingerprint density at radius 2 is 1.88 bits per heavy atom. The molecule has 1 rings (SSSR count). The van der Waals surface area contributed by atoms with Crippen molar-refractivity contribution in [1.29, 1.82) is 0 Å². The van der Waals surface area contributed by atoms with Crippen molar-refractivity contribution >= 4 is 5.97 Å². The molecule has 16 heavy (non-hydrogen) atoms. The first-order chi connectivity index (χ1) is 7.27. The van der Waals surface area contributed by atoms with E-state index in [0.29, 0.717) is 0 Å². The summed E-state index contributed by atoms with van der Waals surface area (Å²) in [5.74, 6) is -2.54. The monoisotopic (exact) mass is 246 g/mol. The molecule has 0 amide bonds. The summed E-state index contributed by atoms with van der Waals surface area (Å²) in [5, 5.41) is 26.9. The van der Waals surface area contributed by atoms with E-state index in [-0.39, 0.29) is 0 Å². The van der Waals surface area contributed by atoms with Crippen LogP contribution in [0.15, 0.2) is 0 Å². The summed E-state index contributed by atoms with van der Waals surface area (Å²) in [6.45, 7) is -0.724. The first kappa shape index (κ1) is 13.2. The maximum absolute atomic E-state index is 11.8. The zero-order chi connectivity index (χ0) is 12.5. The Labute approximate surface area is 87.2 Å². The second-order valence-electron chi connectivity index (χ2n) is 3.11. The molecule has 1 aliphatic rings. The van der Waals surface area contributed by atoms with Crippen LogP contribution in [-0.2, 0) is 14.3 Å². The average molecular weight is 246 g/mol. The van der Waals surface area contributed by atoms with Gasteiger partial charge in [-0.25, -0.2) is 4.79 Å². The van der Waals surface area contributed by atoms with Crippen molar-refractivity contribution in [1.82, 2.24) is 0 Å². The third kappa shape index (κ3) is 2.61. The molecular weight excluding hydrogens is 237 g/mol. The summed E-state index contributed by atoms with van der Waals surface area (Å²) in [6.07, 6.45) is -11.9. The van der Waals surface area contributed by atoms with Crippen LogP contribution in [0.4, 0.5) is 13.2 Å². The van der Waals surface area contributed by atoms with Gasteiger partial charge in [0.05, 0.1) is 6.61 Å². The van der Waals surface area contributed by atoms with Gasteiger partial charge in [0.1, 0.15) is 18.3 Å². The standard InChI is InChI=1S/C7H9F3O6/c8-7(9,10)6(14)16-5-4(13)3(12)2(1-11)15-5/h2-5,11-13H,1H2. The van der Waals surface area contributed by atoms with Gasteiger partial charge >= 0.3 is 12.1 Å². The van der Waals surface area contributed by atoms with Crippen molar-refractivity contribution in [3.05, 3.63) is 0 Å². The zero-order valence-electron chi connectivity index (χ0n) is 7.72. The molecule has 0 radical (unpaired) electrons. The number of hydrogen-bond donors (Lipinski definition) is 3. The van der Waals surface area contributed by atoms with Crippen LogP contribution >= 0.6 is 0 Å². The average Bonchev–Trinajstić information content (AvgIpc) is 2.44. The van der Waals surface area contributed by atoms with Crippen LogP contribution < -0.4 is 0 Å². The van der Waals surface area contributed by atoms with Crippen LogP contribution in [0.5, 0.6) is 0 Å². The number of carbonyl (C=O) groups is 1. The summed E-state index contributed by atoms with van der Waals surface area (Å²) in [4.78, 5) is 10.4. The van der Waals surface area contributed by atoms with Crippen molar-refractivity contribution < 1.29 is 42.8 Å². The Hall–Kier alpha value is -0.900. The van der Waals surface area contributed by atoms with E-state index in [1.807, 2.05) is 0 Å². The van der Waals surface area contributed by atoms with Crippen LogP contribution in [-0.4, -0.2) is 58.7 Å². The number of carbonyl (C=O) groups excluding carboxylic acids is 1. The molecule has 0 spiro atoms. The van der Waals surface area contributed by atoms with Gasteiger partial charge in [-0.2, -0.15) is 13.2 Å². The van der Waals surface area contributed by atoms with Crippen LogP contribution in [0, 0.1) is 0 Å². The number of aliphatic hydroxyl groups excluding tert-OH is 3. The van der Waals surface area contributed by atoms with Gasteiger partial charge in [-0.1, -0.05) is 0 Å². The lowest BCUT2D eigenvalue weighted by atomic mass is 10.1. The van der Waals surface area contributed by atoms with Gasteiger partial charge in [0, 0.05) is 0 Å². The quantitative estimate of drug-likeness (QED) is 0.515. The SMILES string of the molecule is O=C(OC1OC(CO)C(O)C1O)C(F)(F)F. The largest absolute Gasteiger partial charge is 0.491 e. The van der Waals surface area contributed by atoms with Crippen LogP contribution in [0.2, 0.25) is 0 Å². The van der Waals surface area contributed by atoms with E-state index in [1.54, 1.807) is 0 Å². The molecule has 6 nitrogen and oxygen atoms in total. The molecule has 0 aliphatic carbocycles. The van der Waals surface area contributed by atoms with Crippen LogP contribution in [0.1, 0.15) is 0 Å². The number of aliphatic hydroxyl groups is 3. The summed E-state index contributed by atoms with van der Waals surface area (Å²) < 4.78 is 43.6. The molecule has 1 fully saturated rings. The lowest BCUT2D eigenvalue weighted by Crippen LogP contribution is -2.38. The number of rotatable bonds is 2. The third-order valence-corrected chi connectivity index (χ3v) is 1.95. The smallest absolute Gasteiger partial charge is 0.426 e. The van der Waals surface area contributed by atoms with E-state index in [4.69, 9.17) is 15.3 Å². The summed E-state index contributed by atoms with van der Waals surface area (Å²) in [6, 6.07) is 0. The second-order valence-corrected chi connectivity index (χ2v) is 3.11. The highest BCUT2D eigenvalue weighted by Crippen LogP contribution is 2.25. The van der Waals surface area contributed by atoms with Gasteiger partial charge in [-0.05, 0) is 0 Å². The lowest BCUT2D eigenvalue weighted by Gasteiger charge is -2.16. The zero-order valence-corrected chi connectivity index (χ0v) is 7.72. The Kier molecular flexibility index (Phi) is 3.73. The Morgan fingerprint density at radius 3 is 2.25 bits per heavy atom. The first-order valence-corrected chi connectivity index (χ1v) is 4.17. The van der Waals surface area contributed by atoms with Crippen molar-refractivity contribution in [2.24, 2.45) is 0 Å². The molecular formula is C7H9F3O6. The Bertz CT molecular complexity index is 267. The minimum Gasteiger partial charge on any atom is -0.426 e. The van der Waals surface area contributed by atoms with Gasteiger partial charge in [0.2, 0.25) is 6.29 Å². The predicted molar refractivity (Wildman–Crippen MR) is 39.9 cm³/mol. The lowest BCUT2D eigenvalue weighted by molar-refractivity contribution is -0.232. The molecule has 4 unspecified atom stereocenters. The fourth-order valence-corrected chi connectivity index (χ4v) is 1.14. The highest BCUT2D eigenvalue weighted by Gasteiger charge is 2.49. The predicted octanol–water partition coefficient (Wildman–Crippen LogP) is -1.47. The molecule has 4 atom stereocenters. The van der Waals surface area contributed by atoms with E-state index < -0.39 is 43.4 Å². The number of halogens is 3. The Morgan fingerprint density at radius 1 is 1.31 bits per heavy atom. The van der Waals surface area contributed by atoms with Crippen molar-refractivity contribution in [3.8, 4) is 0 Å². The van der Waals surface area contributed by atoms with Gasteiger partial charge in [0.25, 0.3) is 0 Å². The van der Waals surface area contributed by atoms with E-state index >= 15 is 0 Å². The fraction of sp³-hybridized carbons (Fsp3) is 0.857. The molecule has 1 saturated heterocycles. The topological polar surface area (TPSA) is 96.2 Å². The molecule has 9 heteroatoms. The van der Waals surface area contributed by atoms with E-state index in [9.17, 15) is 18.0 Å². The molecule has 0 aromatic carbocycles. The minimum atomic E-state index is -5.22.